The summed E-state index contributed by atoms with van der Waals surface area (Å²) in [5.41, 5.74) is 5.87. The van der Waals surface area contributed by atoms with E-state index in [1.807, 2.05) is 22.7 Å². The zero-order valence-corrected chi connectivity index (χ0v) is 29.1. The van der Waals surface area contributed by atoms with Crippen LogP contribution >= 0.6 is 22.7 Å². The van der Waals surface area contributed by atoms with Gasteiger partial charge in [0, 0.05) is 57.4 Å². The summed E-state index contributed by atoms with van der Waals surface area (Å²) in [5.74, 6) is 0. The van der Waals surface area contributed by atoms with Crippen molar-refractivity contribution in [1.29, 1.82) is 0 Å². The molecule has 0 fully saturated rings. The first-order chi connectivity index (χ1) is 25.2. The van der Waals surface area contributed by atoms with Crippen LogP contribution in [0.15, 0.2) is 176 Å². The molecule has 51 heavy (non-hydrogen) atoms. The van der Waals surface area contributed by atoms with E-state index >= 15 is 0 Å². The Morgan fingerprint density at radius 3 is 1.45 bits per heavy atom. The first-order valence-electron chi connectivity index (χ1n) is 17.3. The lowest BCUT2D eigenvalue weighted by atomic mass is 9.94. The normalized spacial score (nSPS) is 11.9. The Bertz CT molecular complexity index is 3030. The molecule has 0 saturated carbocycles. The van der Waals surface area contributed by atoms with Gasteiger partial charge in [0.05, 0.1) is 0 Å². The van der Waals surface area contributed by atoms with Gasteiger partial charge in [-0.15, -0.1) is 22.7 Å². The van der Waals surface area contributed by atoms with Crippen LogP contribution in [-0.4, -0.2) is 0 Å². The molecule has 238 valence electrons. The van der Waals surface area contributed by atoms with Crippen LogP contribution in [0.25, 0.3) is 83.8 Å². The second-order valence-corrected chi connectivity index (χ2v) is 15.5. The van der Waals surface area contributed by atoms with Crippen molar-refractivity contribution in [1.82, 2.24) is 0 Å². The lowest BCUT2D eigenvalue weighted by molar-refractivity contribution is 1.30. The maximum absolute atomic E-state index is 2.42. The highest BCUT2D eigenvalue weighted by atomic mass is 32.1. The summed E-state index contributed by atoms with van der Waals surface area (Å²) in [6.45, 7) is 0. The Morgan fingerprint density at radius 2 is 0.784 bits per heavy atom. The molecule has 0 atom stereocenters. The molecule has 11 rings (SSSR count). The quantitative estimate of drug-likeness (QED) is 0.167. The number of nitrogens with zero attached hydrogens (tertiary/aromatic N) is 1. The molecule has 1 nitrogen and oxygen atoms in total. The highest BCUT2D eigenvalue weighted by Crippen LogP contribution is 2.44. The molecule has 0 aliphatic heterocycles. The maximum Gasteiger partial charge on any atom is 0.0468 e. The molecule has 0 amide bonds. The molecular weight excluding hydrogens is 655 g/mol. The SMILES string of the molecule is c1ccc2c(c1)ccc1ccc3cc(-c4ccc(N(c5ccc6sc7ccccc7c6c5)c5ccc6sc7ccccc7c6c5)cc4)ccc3c12. The number of anilines is 3. The van der Waals surface area contributed by atoms with E-state index in [-0.39, 0.29) is 0 Å². The summed E-state index contributed by atoms with van der Waals surface area (Å²) < 4.78 is 5.27. The third-order valence-corrected chi connectivity index (χ3v) is 12.7. The van der Waals surface area contributed by atoms with Crippen molar-refractivity contribution in [2.75, 3.05) is 4.90 Å². The largest absolute Gasteiger partial charge is 0.310 e. The predicted molar refractivity (Wildman–Crippen MR) is 225 cm³/mol. The van der Waals surface area contributed by atoms with E-state index in [0.717, 1.165) is 17.1 Å². The van der Waals surface area contributed by atoms with Crippen LogP contribution < -0.4 is 4.90 Å². The first-order valence-corrected chi connectivity index (χ1v) is 19.0. The second-order valence-electron chi connectivity index (χ2n) is 13.3. The molecule has 0 aliphatic carbocycles. The molecule has 2 heterocycles. The van der Waals surface area contributed by atoms with E-state index < -0.39 is 0 Å². The lowest BCUT2D eigenvalue weighted by Gasteiger charge is -2.26. The van der Waals surface area contributed by atoms with E-state index in [1.54, 1.807) is 0 Å². The Morgan fingerprint density at radius 1 is 0.294 bits per heavy atom. The van der Waals surface area contributed by atoms with Crippen LogP contribution in [0.4, 0.5) is 17.1 Å². The average molecular weight is 684 g/mol. The summed E-state index contributed by atoms with van der Waals surface area (Å²) >= 11 is 3.72. The zero-order chi connectivity index (χ0) is 33.5. The van der Waals surface area contributed by atoms with E-state index in [0.29, 0.717) is 0 Å². The summed E-state index contributed by atoms with van der Waals surface area (Å²) in [7, 11) is 0. The van der Waals surface area contributed by atoms with Crippen LogP contribution in [0, 0.1) is 0 Å². The third-order valence-electron chi connectivity index (χ3n) is 10.4. The van der Waals surface area contributed by atoms with E-state index in [4.69, 9.17) is 0 Å². The van der Waals surface area contributed by atoms with Gasteiger partial charge >= 0.3 is 0 Å². The van der Waals surface area contributed by atoms with Crippen LogP contribution in [0.2, 0.25) is 0 Å². The number of fused-ring (bicyclic) bond motifs is 11. The summed E-state index contributed by atoms with van der Waals surface area (Å²) in [6.07, 6.45) is 0. The monoisotopic (exact) mass is 683 g/mol. The van der Waals surface area contributed by atoms with Gasteiger partial charge in [-0.3, -0.25) is 0 Å². The van der Waals surface area contributed by atoms with Crippen LogP contribution in [0.3, 0.4) is 0 Å². The zero-order valence-electron chi connectivity index (χ0n) is 27.5. The smallest absolute Gasteiger partial charge is 0.0468 e. The molecule has 2 aromatic heterocycles. The molecule has 0 spiro atoms. The van der Waals surface area contributed by atoms with Crippen molar-refractivity contribution in [2.45, 2.75) is 0 Å². The van der Waals surface area contributed by atoms with Crippen molar-refractivity contribution in [3.63, 3.8) is 0 Å². The fraction of sp³-hybridized carbons (Fsp3) is 0. The Hall–Kier alpha value is -6.00. The van der Waals surface area contributed by atoms with Crippen molar-refractivity contribution in [3.05, 3.63) is 176 Å². The minimum atomic E-state index is 1.13. The van der Waals surface area contributed by atoms with Gasteiger partial charge in [-0.25, -0.2) is 0 Å². The minimum Gasteiger partial charge on any atom is -0.310 e. The van der Waals surface area contributed by atoms with Gasteiger partial charge in [0.1, 0.15) is 0 Å². The predicted octanol–water partition coefficient (Wildman–Crippen LogP) is 15.0. The molecule has 0 bridgehead atoms. The Kier molecular flexibility index (Phi) is 6.36. The molecule has 0 saturated heterocycles. The Labute approximate surface area is 302 Å². The molecular formula is C48H29NS2. The van der Waals surface area contributed by atoms with Gasteiger partial charge in [0.25, 0.3) is 0 Å². The molecule has 0 aliphatic rings. The van der Waals surface area contributed by atoms with E-state index in [9.17, 15) is 0 Å². The number of hydrogen-bond acceptors (Lipinski definition) is 3. The van der Waals surface area contributed by atoms with Crippen molar-refractivity contribution >= 4 is 112 Å². The molecule has 0 N–H and O–H groups in total. The van der Waals surface area contributed by atoms with Gasteiger partial charge in [-0.2, -0.15) is 0 Å². The van der Waals surface area contributed by atoms with Gasteiger partial charge < -0.3 is 4.90 Å². The Balaban J connectivity index is 1.05. The molecule has 0 unspecified atom stereocenters. The highest BCUT2D eigenvalue weighted by molar-refractivity contribution is 7.26. The molecule has 3 heteroatoms. The van der Waals surface area contributed by atoms with Crippen molar-refractivity contribution in [2.24, 2.45) is 0 Å². The fourth-order valence-electron chi connectivity index (χ4n) is 7.97. The third kappa shape index (κ3) is 4.59. The number of thiophene rings is 2. The summed E-state index contributed by atoms with van der Waals surface area (Å²) in [6, 6.07) is 65.1. The topological polar surface area (TPSA) is 3.24 Å². The van der Waals surface area contributed by atoms with Gasteiger partial charge in [0.15, 0.2) is 0 Å². The molecule has 11 aromatic rings. The average Bonchev–Trinajstić information content (AvgIpc) is 3.76. The fourth-order valence-corrected chi connectivity index (χ4v) is 10.1. The van der Waals surface area contributed by atoms with E-state index in [1.165, 1.54) is 83.8 Å². The van der Waals surface area contributed by atoms with E-state index in [2.05, 4.69) is 181 Å². The number of hydrogen-bond donors (Lipinski definition) is 0. The van der Waals surface area contributed by atoms with Gasteiger partial charge in [0.2, 0.25) is 0 Å². The minimum absolute atomic E-state index is 1.13. The van der Waals surface area contributed by atoms with Crippen molar-refractivity contribution < 1.29 is 0 Å². The standard InChI is InChI=1S/C48H29NS2/c1-2-8-38-31(7-1)13-14-32-15-16-34-27-33(19-24-39(34)48(32)38)30-17-20-35(21-18-30)49(36-22-25-46-42(28-36)40-9-3-5-11-44(40)50-46)37-23-26-47-43(29-37)41-10-4-6-12-45(41)51-47/h1-29H. The first kappa shape index (κ1) is 28.8. The van der Waals surface area contributed by atoms with Gasteiger partial charge in [-0.1, -0.05) is 109 Å². The number of rotatable bonds is 4. The molecule has 0 radical (unpaired) electrons. The second kappa shape index (κ2) is 11.3. The maximum atomic E-state index is 2.42. The summed E-state index contributed by atoms with van der Waals surface area (Å²) in [5, 5.41) is 13.0. The number of benzene rings is 9. The molecule has 9 aromatic carbocycles. The van der Waals surface area contributed by atoms with Crippen LogP contribution in [-0.2, 0) is 0 Å². The lowest BCUT2D eigenvalue weighted by Crippen LogP contribution is -2.09. The highest BCUT2D eigenvalue weighted by Gasteiger charge is 2.17. The van der Waals surface area contributed by atoms with Crippen LogP contribution in [0.5, 0.6) is 0 Å². The van der Waals surface area contributed by atoms with Crippen molar-refractivity contribution in [3.8, 4) is 11.1 Å². The van der Waals surface area contributed by atoms with Gasteiger partial charge in [-0.05, 0) is 110 Å². The summed E-state index contributed by atoms with van der Waals surface area (Å²) in [4.78, 5) is 2.42. The van der Waals surface area contributed by atoms with Crippen LogP contribution in [0.1, 0.15) is 0 Å².